The molecule has 0 aliphatic heterocycles. The summed E-state index contributed by atoms with van der Waals surface area (Å²) in [5.74, 6) is 0.520. The smallest absolute Gasteiger partial charge is 0.243 e. The molecule has 0 fully saturated rings. The molecule has 0 amide bonds. The van der Waals surface area contributed by atoms with Gasteiger partial charge < -0.3 is 15.6 Å². The molecule has 2 rings (SSSR count). The molecule has 0 aliphatic rings. The van der Waals surface area contributed by atoms with Gasteiger partial charge in [-0.05, 0) is 29.8 Å². The van der Waals surface area contributed by atoms with E-state index in [4.69, 9.17) is 10.5 Å². The molecule has 0 bridgehead atoms. The number of aromatic nitrogens is 2. The predicted octanol–water partition coefficient (Wildman–Crippen LogP) is 1.81. The molecular formula is C12H12N4O2S. The van der Waals surface area contributed by atoms with E-state index in [2.05, 4.69) is 27.6 Å². The first-order valence-corrected chi connectivity index (χ1v) is 5.78. The normalized spacial score (nSPS) is 10.8. The zero-order valence-electron chi connectivity index (χ0n) is 10.1. The number of ether oxygens (including phenoxy) is 1. The van der Waals surface area contributed by atoms with Gasteiger partial charge in [0.1, 0.15) is 5.75 Å². The Labute approximate surface area is 115 Å². The van der Waals surface area contributed by atoms with Crippen molar-refractivity contribution in [3.05, 3.63) is 29.8 Å². The monoisotopic (exact) mass is 276 g/mol. The molecule has 0 spiro atoms. The van der Waals surface area contributed by atoms with Gasteiger partial charge >= 0.3 is 0 Å². The SMILES string of the molecule is COc1ccc(/C=N/c2c(N)nc(S)nc2O)cc1. The third-order valence-electron chi connectivity index (χ3n) is 2.34. The Bertz CT molecular complexity index is 591. The van der Waals surface area contributed by atoms with Crippen molar-refractivity contribution >= 4 is 30.3 Å². The highest BCUT2D eigenvalue weighted by Gasteiger charge is 2.08. The van der Waals surface area contributed by atoms with Gasteiger partial charge in [-0.1, -0.05) is 0 Å². The van der Waals surface area contributed by atoms with Crippen molar-refractivity contribution in [2.24, 2.45) is 4.99 Å². The van der Waals surface area contributed by atoms with Crippen LogP contribution in [0.5, 0.6) is 11.6 Å². The van der Waals surface area contributed by atoms with Crippen LogP contribution < -0.4 is 10.5 Å². The van der Waals surface area contributed by atoms with Gasteiger partial charge in [0.25, 0.3) is 0 Å². The molecule has 2 aromatic rings. The van der Waals surface area contributed by atoms with Crippen LogP contribution in [0, 0.1) is 0 Å². The van der Waals surface area contributed by atoms with Crippen molar-refractivity contribution in [1.29, 1.82) is 0 Å². The molecule has 1 aromatic carbocycles. The highest BCUT2D eigenvalue weighted by molar-refractivity contribution is 7.80. The molecule has 98 valence electrons. The average Bonchev–Trinajstić information content (AvgIpc) is 2.38. The standard InChI is InChI=1S/C12H12N4O2S/c1-18-8-4-2-7(3-5-8)6-14-9-10(13)15-12(19)16-11(9)17/h2-6H,1H3,(H4,13,15,16,17,19)/b14-6+. The number of nitrogens with zero attached hydrogens (tertiary/aromatic N) is 3. The minimum Gasteiger partial charge on any atom is -0.497 e. The van der Waals surface area contributed by atoms with Gasteiger partial charge in [0, 0.05) is 6.21 Å². The van der Waals surface area contributed by atoms with Gasteiger partial charge in [0.15, 0.2) is 16.7 Å². The van der Waals surface area contributed by atoms with E-state index in [1.165, 1.54) is 0 Å². The number of benzene rings is 1. The number of anilines is 1. The molecule has 0 atom stereocenters. The van der Waals surface area contributed by atoms with Crippen molar-refractivity contribution in [3.8, 4) is 11.6 Å². The summed E-state index contributed by atoms with van der Waals surface area (Å²) in [5.41, 5.74) is 6.59. The van der Waals surface area contributed by atoms with Crippen molar-refractivity contribution in [3.63, 3.8) is 0 Å². The molecule has 0 radical (unpaired) electrons. The largest absolute Gasteiger partial charge is 0.497 e. The lowest BCUT2D eigenvalue weighted by Gasteiger charge is -2.02. The Kier molecular flexibility index (Phi) is 3.86. The van der Waals surface area contributed by atoms with E-state index in [0.717, 1.165) is 11.3 Å². The minimum atomic E-state index is -0.303. The van der Waals surface area contributed by atoms with Crippen LogP contribution in [0.4, 0.5) is 11.5 Å². The summed E-state index contributed by atoms with van der Waals surface area (Å²) in [6, 6.07) is 7.25. The highest BCUT2D eigenvalue weighted by Crippen LogP contribution is 2.29. The maximum Gasteiger partial charge on any atom is 0.243 e. The van der Waals surface area contributed by atoms with Crippen LogP contribution in [0.25, 0.3) is 0 Å². The second kappa shape index (κ2) is 5.57. The fourth-order valence-electron chi connectivity index (χ4n) is 1.40. The molecule has 6 nitrogen and oxygen atoms in total. The van der Waals surface area contributed by atoms with Crippen molar-refractivity contribution < 1.29 is 9.84 Å². The molecule has 0 aliphatic carbocycles. The maximum absolute atomic E-state index is 9.62. The van der Waals surface area contributed by atoms with Crippen LogP contribution in [-0.2, 0) is 0 Å². The number of aromatic hydroxyl groups is 1. The Hall–Kier alpha value is -2.28. The maximum atomic E-state index is 9.62. The summed E-state index contributed by atoms with van der Waals surface area (Å²) >= 11 is 3.90. The van der Waals surface area contributed by atoms with Gasteiger partial charge in [0.05, 0.1) is 7.11 Å². The van der Waals surface area contributed by atoms with E-state index in [9.17, 15) is 5.11 Å². The number of nitrogens with two attached hydrogens (primary N) is 1. The second-order valence-electron chi connectivity index (χ2n) is 3.61. The second-order valence-corrected chi connectivity index (χ2v) is 4.01. The molecule has 0 unspecified atom stereocenters. The van der Waals surface area contributed by atoms with Crippen LogP contribution in [0.2, 0.25) is 0 Å². The molecule has 0 saturated carbocycles. The first kappa shape index (κ1) is 13.2. The van der Waals surface area contributed by atoms with Crippen LogP contribution in [0.3, 0.4) is 0 Å². The summed E-state index contributed by atoms with van der Waals surface area (Å²) in [6.45, 7) is 0. The molecule has 1 heterocycles. The van der Waals surface area contributed by atoms with Crippen LogP contribution in [0.1, 0.15) is 5.56 Å². The summed E-state index contributed by atoms with van der Waals surface area (Å²) in [7, 11) is 1.60. The number of aliphatic imine (C=N–C) groups is 1. The summed E-state index contributed by atoms with van der Waals surface area (Å²) < 4.78 is 5.05. The van der Waals surface area contributed by atoms with Crippen LogP contribution >= 0.6 is 12.6 Å². The van der Waals surface area contributed by atoms with Crippen LogP contribution in [0.15, 0.2) is 34.4 Å². The third kappa shape index (κ3) is 3.14. The fraction of sp³-hybridized carbons (Fsp3) is 0.0833. The van der Waals surface area contributed by atoms with Gasteiger partial charge in [-0.3, -0.25) is 0 Å². The van der Waals surface area contributed by atoms with Crippen molar-refractivity contribution in [2.45, 2.75) is 5.16 Å². The number of hydrogen-bond acceptors (Lipinski definition) is 7. The van der Waals surface area contributed by atoms with Gasteiger partial charge in [0.2, 0.25) is 5.88 Å². The number of rotatable bonds is 3. The molecular weight excluding hydrogens is 264 g/mol. The van der Waals surface area contributed by atoms with E-state index in [0.29, 0.717) is 0 Å². The lowest BCUT2D eigenvalue weighted by molar-refractivity contribution is 0.415. The summed E-state index contributed by atoms with van der Waals surface area (Å²) in [6.07, 6.45) is 1.55. The van der Waals surface area contributed by atoms with E-state index in [1.54, 1.807) is 25.5 Å². The fourth-order valence-corrected chi connectivity index (χ4v) is 1.60. The first-order valence-electron chi connectivity index (χ1n) is 5.33. The van der Waals surface area contributed by atoms with E-state index in [-0.39, 0.29) is 22.5 Å². The van der Waals surface area contributed by atoms with Gasteiger partial charge in [-0.15, -0.1) is 12.6 Å². The average molecular weight is 276 g/mol. The molecule has 0 saturated heterocycles. The third-order valence-corrected chi connectivity index (χ3v) is 2.54. The van der Waals surface area contributed by atoms with Crippen molar-refractivity contribution in [1.82, 2.24) is 9.97 Å². The molecule has 3 N–H and O–H groups in total. The summed E-state index contributed by atoms with van der Waals surface area (Å²) in [5, 5.41) is 9.71. The molecule has 7 heteroatoms. The van der Waals surface area contributed by atoms with Crippen LogP contribution in [-0.4, -0.2) is 28.4 Å². The number of hydrogen-bond donors (Lipinski definition) is 3. The lowest BCUT2D eigenvalue weighted by Crippen LogP contribution is -1.94. The Morgan fingerprint density at radius 2 is 2.00 bits per heavy atom. The Morgan fingerprint density at radius 3 is 2.58 bits per heavy atom. The molecule has 1 aromatic heterocycles. The highest BCUT2D eigenvalue weighted by atomic mass is 32.1. The topological polar surface area (TPSA) is 93.6 Å². The zero-order chi connectivity index (χ0) is 13.8. The first-order chi connectivity index (χ1) is 9.10. The zero-order valence-corrected chi connectivity index (χ0v) is 11.0. The summed E-state index contributed by atoms with van der Waals surface area (Å²) in [4.78, 5) is 11.6. The van der Waals surface area contributed by atoms with Gasteiger partial charge in [-0.2, -0.15) is 4.98 Å². The van der Waals surface area contributed by atoms with Crippen molar-refractivity contribution in [2.75, 3.05) is 12.8 Å². The Balaban J connectivity index is 2.27. The van der Waals surface area contributed by atoms with E-state index in [1.807, 2.05) is 12.1 Å². The minimum absolute atomic E-state index is 0.0715. The van der Waals surface area contributed by atoms with E-state index >= 15 is 0 Å². The molecule has 19 heavy (non-hydrogen) atoms. The van der Waals surface area contributed by atoms with E-state index < -0.39 is 0 Å². The number of methoxy groups -OCH3 is 1. The quantitative estimate of drug-likeness (QED) is 0.451. The lowest BCUT2D eigenvalue weighted by atomic mass is 10.2. The number of nitrogen functional groups attached to an aromatic ring is 1. The van der Waals surface area contributed by atoms with Gasteiger partial charge in [-0.25, -0.2) is 9.98 Å². The number of thiol groups is 1. The predicted molar refractivity (Wildman–Crippen MR) is 75.6 cm³/mol. The Morgan fingerprint density at radius 1 is 1.32 bits per heavy atom.